The molecule has 1 saturated heterocycles. The van der Waals surface area contributed by atoms with Gasteiger partial charge in [0.2, 0.25) is 0 Å². The lowest BCUT2D eigenvalue weighted by Crippen LogP contribution is -2.28. The maximum Gasteiger partial charge on any atom is 0.271 e. The number of thioether (sulfide) groups is 1. The van der Waals surface area contributed by atoms with Gasteiger partial charge in [-0.1, -0.05) is 48.0 Å². The average molecular weight is 542 g/mol. The molecule has 0 N–H and O–H groups in total. The highest BCUT2D eigenvalue weighted by atomic mass is 35.5. The van der Waals surface area contributed by atoms with Crippen LogP contribution in [-0.4, -0.2) is 16.0 Å². The van der Waals surface area contributed by atoms with Gasteiger partial charge in [-0.05, 0) is 78.0 Å². The van der Waals surface area contributed by atoms with Gasteiger partial charge in [0.25, 0.3) is 11.6 Å². The van der Waals surface area contributed by atoms with Gasteiger partial charge in [-0.25, -0.2) is 4.99 Å². The van der Waals surface area contributed by atoms with Crippen LogP contribution >= 0.6 is 23.4 Å². The van der Waals surface area contributed by atoms with Crippen molar-refractivity contribution in [1.82, 2.24) is 0 Å². The summed E-state index contributed by atoms with van der Waals surface area (Å²) in [6, 6.07) is 30.1. The Hall–Kier alpha value is -4.40. The molecule has 5 rings (SSSR count). The van der Waals surface area contributed by atoms with Gasteiger partial charge in [0.15, 0.2) is 5.17 Å². The van der Waals surface area contributed by atoms with E-state index >= 15 is 0 Å². The molecular formula is C29H20ClN3O4S. The summed E-state index contributed by atoms with van der Waals surface area (Å²) in [5, 5.41) is 11.9. The minimum absolute atomic E-state index is 0.0124. The quantitative estimate of drug-likeness (QED) is 0.136. The molecule has 0 aromatic heterocycles. The summed E-state index contributed by atoms with van der Waals surface area (Å²) in [6.07, 6.45) is 1.74. The van der Waals surface area contributed by atoms with Crippen LogP contribution in [0.5, 0.6) is 5.75 Å². The third-order valence-electron chi connectivity index (χ3n) is 5.60. The third kappa shape index (κ3) is 5.77. The Morgan fingerprint density at radius 3 is 2.32 bits per heavy atom. The monoisotopic (exact) mass is 541 g/mol. The number of non-ortho nitro benzene ring substituents is 1. The number of nitro benzene ring substituents is 1. The molecule has 0 radical (unpaired) electrons. The first-order chi connectivity index (χ1) is 18.5. The largest absolute Gasteiger partial charge is 0.488 e. The number of anilines is 1. The van der Waals surface area contributed by atoms with Crippen LogP contribution < -0.4 is 9.64 Å². The van der Waals surface area contributed by atoms with E-state index in [4.69, 9.17) is 21.3 Å². The van der Waals surface area contributed by atoms with E-state index in [2.05, 4.69) is 0 Å². The van der Waals surface area contributed by atoms with Crippen molar-refractivity contribution in [1.29, 1.82) is 0 Å². The molecule has 0 bridgehead atoms. The summed E-state index contributed by atoms with van der Waals surface area (Å²) in [5.74, 6) is 0.311. The normalized spacial score (nSPS) is 15.3. The van der Waals surface area contributed by atoms with Crippen LogP contribution in [0.25, 0.3) is 6.08 Å². The lowest BCUT2D eigenvalue weighted by Gasteiger charge is -2.15. The summed E-state index contributed by atoms with van der Waals surface area (Å²) in [4.78, 5) is 30.9. The maximum absolute atomic E-state index is 13.6. The zero-order valence-corrected chi connectivity index (χ0v) is 21.4. The van der Waals surface area contributed by atoms with Crippen LogP contribution in [0.3, 0.4) is 0 Å². The van der Waals surface area contributed by atoms with Crippen molar-refractivity contribution in [2.75, 3.05) is 4.90 Å². The number of halogens is 1. The van der Waals surface area contributed by atoms with Gasteiger partial charge in [-0.2, -0.15) is 0 Å². The summed E-state index contributed by atoms with van der Waals surface area (Å²) < 4.78 is 6.02. The lowest BCUT2D eigenvalue weighted by molar-refractivity contribution is -0.384. The van der Waals surface area contributed by atoms with E-state index in [-0.39, 0.29) is 18.2 Å². The lowest BCUT2D eigenvalue weighted by atomic mass is 10.1. The van der Waals surface area contributed by atoms with Crippen LogP contribution in [-0.2, 0) is 11.4 Å². The molecule has 1 amide bonds. The number of hydrogen-bond donors (Lipinski definition) is 0. The van der Waals surface area contributed by atoms with Crippen LogP contribution in [0.1, 0.15) is 11.1 Å². The second-order valence-electron chi connectivity index (χ2n) is 8.21. The van der Waals surface area contributed by atoms with Crippen molar-refractivity contribution >= 4 is 57.6 Å². The van der Waals surface area contributed by atoms with Crippen molar-refractivity contribution in [3.8, 4) is 5.75 Å². The molecule has 1 aliphatic rings. The van der Waals surface area contributed by atoms with Gasteiger partial charge in [0.1, 0.15) is 12.4 Å². The van der Waals surface area contributed by atoms with Crippen LogP contribution in [0.4, 0.5) is 17.1 Å². The number of benzene rings is 4. The average Bonchev–Trinajstić information content (AvgIpc) is 3.23. The van der Waals surface area contributed by atoms with E-state index in [1.165, 1.54) is 23.9 Å². The van der Waals surface area contributed by atoms with E-state index < -0.39 is 4.92 Å². The van der Waals surface area contributed by atoms with Crippen molar-refractivity contribution in [3.63, 3.8) is 0 Å². The highest BCUT2D eigenvalue weighted by Crippen LogP contribution is 2.38. The molecule has 188 valence electrons. The van der Waals surface area contributed by atoms with E-state index in [0.717, 1.165) is 11.3 Å². The smallest absolute Gasteiger partial charge is 0.271 e. The molecule has 0 atom stereocenters. The molecule has 38 heavy (non-hydrogen) atoms. The van der Waals surface area contributed by atoms with Gasteiger partial charge in [0.05, 0.1) is 21.2 Å². The van der Waals surface area contributed by atoms with E-state index in [1.54, 1.807) is 41.3 Å². The minimum atomic E-state index is -0.446. The zero-order chi connectivity index (χ0) is 26.5. The predicted molar refractivity (Wildman–Crippen MR) is 152 cm³/mol. The Bertz CT molecular complexity index is 1540. The fourth-order valence-electron chi connectivity index (χ4n) is 3.75. The number of carbonyl (C=O) groups excluding carboxylic acids is 1. The number of nitrogens with zero attached hydrogens (tertiary/aromatic N) is 3. The molecule has 7 nitrogen and oxygen atoms in total. The highest BCUT2D eigenvalue weighted by molar-refractivity contribution is 8.19. The number of hydrogen-bond acceptors (Lipinski definition) is 6. The number of aliphatic imine (C=N–C) groups is 1. The number of nitro groups is 1. The number of amidine groups is 1. The summed E-state index contributed by atoms with van der Waals surface area (Å²) in [5.41, 5.74) is 2.86. The first-order valence-corrected chi connectivity index (χ1v) is 12.8. The second-order valence-corrected chi connectivity index (χ2v) is 9.66. The maximum atomic E-state index is 13.6. The van der Waals surface area contributed by atoms with E-state index in [1.807, 2.05) is 60.7 Å². The minimum Gasteiger partial charge on any atom is -0.488 e. The molecule has 4 aromatic rings. The summed E-state index contributed by atoms with van der Waals surface area (Å²) in [7, 11) is 0. The number of para-hydroxylation sites is 2. The first-order valence-electron chi connectivity index (χ1n) is 11.6. The van der Waals surface area contributed by atoms with Gasteiger partial charge in [-0.15, -0.1) is 0 Å². The number of carbonyl (C=O) groups is 1. The first kappa shape index (κ1) is 25.3. The number of amides is 1. The summed E-state index contributed by atoms with van der Waals surface area (Å²) in [6.45, 7) is 0.188. The Kier molecular flexibility index (Phi) is 7.53. The Labute approximate surface area is 228 Å². The van der Waals surface area contributed by atoms with Gasteiger partial charge in [-0.3, -0.25) is 19.8 Å². The molecule has 1 heterocycles. The van der Waals surface area contributed by atoms with E-state index in [9.17, 15) is 14.9 Å². The third-order valence-corrected chi connectivity index (χ3v) is 6.81. The molecule has 9 heteroatoms. The van der Waals surface area contributed by atoms with E-state index in [0.29, 0.717) is 32.1 Å². The SMILES string of the molecule is O=C1/C(=C\c2cc(Cl)ccc2OCc2ccc([N+](=O)[O-])cc2)SC(=Nc2ccccc2)N1c1ccccc1. The van der Waals surface area contributed by atoms with Crippen LogP contribution in [0.15, 0.2) is 113 Å². The summed E-state index contributed by atoms with van der Waals surface area (Å²) >= 11 is 7.56. The van der Waals surface area contributed by atoms with Gasteiger partial charge < -0.3 is 4.74 Å². The zero-order valence-electron chi connectivity index (χ0n) is 19.9. The Morgan fingerprint density at radius 2 is 1.63 bits per heavy atom. The Balaban J connectivity index is 1.46. The van der Waals surface area contributed by atoms with Crippen molar-refractivity contribution in [2.45, 2.75) is 6.61 Å². The second kappa shape index (κ2) is 11.3. The van der Waals surface area contributed by atoms with Gasteiger partial charge in [0, 0.05) is 22.7 Å². The fourth-order valence-corrected chi connectivity index (χ4v) is 4.92. The molecule has 4 aromatic carbocycles. The highest BCUT2D eigenvalue weighted by Gasteiger charge is 2.35. The molecule has 0 unspecified atom stereocenters. The number of rotatable bonds is 7. The molecule has 0 saturated carbocycles. The van der Waals surface area contributed by atoms with Crippen molar-refractivity contribution in [2.24, 2.45) is 4.99 Å². The van der Waals surface area contributed by atoms with Crippen molar-refractivity contribution < 1.29 is 14.5 Å². The van der Waals surface area contributed by atoms with Crippen LogP contribution in [0, 0.1) is 10.1 Å². The molecule has 0 spiro atoms. The molecular weight excluding hydrogens is 522 g/mol. The fraction of sp³-hybridized carbons (Fsp3) is 0.0345. The predicted octanol–water partition coefficient (Wildman–Crippen LogP) is 7.64. The molecule has 1 fully saturated rings. The Morgan fingerprint density at radius 1 is 0.947 bits per heavy atom. The van der Waals surface area contributed by atoms with Crippen LogP contribution in [0.2, 0.25) is 5.02 Å². The number of ether oxygens (including phenoxy) is 1. The van der Waals surface area contributed by atoms with Crippen molar-refractivity contribution in [3.05, 3.63) is 134 Å². The topological polar surface area (TPSA) is 85.0 Å². The van der Waals surface area contributed by atoms with Gasteiger partial charge >= 0.3 is 0 Å². The molecule has 0 aliphatic carbocycles. The standard InChI is InChI=1S/C29H20ClN3O4S/c30-22-13-16-26(37-19-20-11-14-25(15-12-20)33(35)36)21(17-22)18-27-28(34)32(24-9-5-2-6-10-24)29(38-27)31-23-7-3-1-4-8-23/h1-18H,19H2/b27-18+,31-29?. The molecule has 1 aliphatic heterocycles.